The summed E-state index contributed by atoms with van der Waals surface area (Å²) < 4.78 is 129. The highest BCUT2D eigenvalue weighted by atomic mass is 19.4. The van der Waals surface area contributed by atoms with Crippen molar-refractivity contribution in [1.82, 2.24) is 5.32 Å². The minimum Gasteiger partial charge on any atom is -0.449 e. The Bertz CT molecular complexity index is 1260. The van der Waals surface area contributed by atoms with Crippen LogP contribution in [-0.2, 0) is 34.4 Å². The molecule has 0 spiro atoms. The third-order valence-corrected chi connectivity index (χ3v) is 6.49. The molecule has 2 aromatic rings. The molecule has 0 aromatic heterocycles. The van der Waals surface area contributed by atoms with Gasteiger partial charge in [0.2, 0.25) is 0 Å². The van der Waals surface area contributed by atoms with Gasteiger partial charge < -0.3 is 14.8 Å². The van der Waals surface area contributed by atoms with Gasteiger partial charge in [-0.2, -0.15) is 39.5 Å². The van der Waals surface area contributed by atoms with Crippen molar-refractivity contribution in [2.45, 2.75) is 70.2 Å². The third-order valence-electron chi connectivity index (χ3n) is 6.49. The molecule has 0 fully saturated rings. The first kappa shape index (κ1) is 32.9. The van der Waals surface area contributed by atoms with E-state index in [1.165, 1.54) is 11.8 Å². The average molecular weight is 615 g/mol. The van der Waals surface area contributed by atoms with E-state index < -0.39 is 78.5 Å². The predicted molar refractivity (Wildman–Crippen MR) is 132 cm³/mol. The number of rotatable bonds is 6. The normalized spacial score (nSPS) is 16.6. The minimum atomic E-state index is -5.03. The van der Waals surface area contributed by atoms with E-state index >= 15 is 0 Å². The second-order valence-electron chi connectivity index (χ2n) is 9.98. The molecule has 0 bridgehead atoms. The summed E-state index contributed by atoms with van der Waals surface area (Å²) in [4.78, 5) is 26.2. The first-order chi connectivity index (χ1) is 19.3. The number of carbonyl (C=O) groups excluding carboxylic acids is 2. The zero-order valence-electron chi connectivity index (χ0n) is 22.5. The summed E-state index contributed by atoms with van der Waals surface area (Å²) in [6, 6.07) is 3.02. The van der Waals surface area contributed by atoms with Gasteiger partial charge >= 0.3 is 30.7 Å². The zero-order valence-corrected chi connectivity index (χ0v) is 22.5. The average Bonchev–Trinajstić information content (AvgIpc) is 2.85. The molecule has 1 aliphatic heterocycles. The van der Waals surface area contributed by atoms with Crippen LogP contribution >= 0.6 is 0 Å². The Hall–Kier alpha value is -3.65. The van der Waals surface area contributed by atoms with Gasteiger partial charge in [-0.25, -0.2) is 9.59 Å². The van der Waals surface area contributed by atoms with Gasteiger partial charge in [-0.15, -0.1) is 0 Å². The maximum absolute atomic E-state index is 13.5. The quantitative estimate of drug-likeness (QED) is 0.336. The van der Waals surface area contributed by atoms with Gasteiger partial charge in [-0.3, -0.25) is 4.90 Å². The highest BCUT2D eigenvalue weighted by Gasteiger charge is 2.38. The maximum Gasteiger partial charge on any atom is 0.416 e. The number of fused-ring (bicyclic) bond motifs is 1. The number of alkyl carbamates (subject to hydrolysis) is 1. The lowest BCUT2D eigenvalue weighted by atomic mass is 9.84. The molecule has 6 nitrogen and oxygen atoms in total. The number of hydrogen-bond donors (Lipinski definition) is 1. The van der Waals surface area contributed by atoms with E-state index in [0.717, 1.165) is 18.2 Å². The van der Waals surface area contributed by atoms with Gasteiger partial charge in [0.05, 0.1) is 35.1 Å². The van der Waals surface area contributed by atoms with Crippen LogP contribution in [0.25, 0.3) is 0 Å². The number of alkyl halides is 9. The maximum atomic E-state index is 13.5. The van der Waals surface area contributed by atoms with E-state index in [-0.39, 0.29) is 35.8 Å². The standard InChI is InChI=1S/C27H27F9N2O4/c1-14(2)42-24(40)38-8-6-20(21-13-17(25(28,29)30)4-5-22(21)38)15(3)37-23(39)41-9-7-16-10-18(26(31,32)33)12-19(11-16)27(34,35)36/h4-5,10-15,20H,6-9H2,1-3H3,(H,37,39)/t15?,20-/m1/s1. The van der Waals surface area contributed by atoms with Crippen LogP contribution < -0.4 is 10.2 Å². The van der Waals surface area contributed by atoms with Crippen LogP contribution in [0.2, 0.25) is 0 Å². The molecule has 0 aliphatic carbocycles. The second kappa shape index (κ2) is 12.3. The Kier molecular flexibility index (Phi) is 9.62. The zero-order chi connectivity index (χ0) is 31.6. The number of anilines is 1. The van der Waals surface area contributed by atoms with E-state index in [1.807, 2.05) is 0 Å². The Labute approximate surface area is 234 Å². The fourth-order valence-corrected chi connectivity index (χ4v) is 4.55. The van der Waals surface area contributed by atoms with Crippen molar-refractivity contribution in [2.24, 2.45) is 0 Å². The number of ether oxygens (including phenoxy) is 2. The van der Waals surface area contributed by atoms with Gasteiger partial charge in [0.25, 0.3) is 0 Å². The molecule has 42 heavy (non-hydrogen) atoms. The lowest BCUT2D eigenvalue weighted by Gasteiger charge is -2.37. The van der Waals surface area contributed by atoms with Crippen molar-refractivity contribution in [1.29, 1.82) is 0 Å². The number of benzene rings is 2. The lowest BCUT2D eigenvalue weighted by molar-refractivity contribution is -0.143. The van der Waals surface area contributed by atoms with Crippen LogP contribution in [0.1, 0.15) is 60.9 Å². The summed E-state index contributed by atoms with van der Waals surface area (Å²) in [6.07, 6.45) is -17.4. The van der Waals surface area contributed by atoms with Gasteiger partial charge in [0.15, 0.2) is 0 Å². The van der Waals surface area contributed by atoms with Crippen molar-refractivity contribution in [3.8, 4) is 0 Å². The van der Waals surface area contributed by atoms with Crippen molar-refractivity contribution in [3.05, 3.63) is 64.2 Å². The molecule has 15 heteroatoms. The Morgan fingerprint density at radius 3 is 1.98 bits per heavy atom. The fraction of sp³-hybridized carbons (Fsp3) is 0.481. The van der Waals surface area contributed by atoms with E-state index in [9.17, 15) is 49.1 Å². The molecule has 232 valence electrons. The molecular weight excluding hydrogens is 587 g/mol. The Morgan fingerprint density at radius 1 is 0.881 bits per heavy atom. The van der Waals surface area contributed by atoms with E-state index in [2.05, 4.69) is 5.32 Å². The Balaban J connectivity index is 1.73. The summed E-state index contributed by atoms with van der Waals surface area (Å²) in [5, 5.41) is 2.45. The summed E-state index contributed by atoms with van der Waals surface area (Å²) in [5.41, 5.74) is -4.08. The number of carbonyl (C=O) groups is 2. The fourth-order valence-electron chi connectivity index (χ4n) is 4.55. The molecule has 2 amide bonds. The third kappa shape index (κ3) is 8.22. The van der Waals surface area contributed by atoms with Crippen LogP contribution in [0.15, 0.2) is 36.4 Å². The van der Waals surface area contributed by atoms with Crippen molar-refractivity contribution in [3.63, 3.8) is 0 Å². The Morgan fingerprint density at radius 2 is 1.45 bits per heavy atom. The molecule has 3 rings (SSSR count). The van der Waals surface area contributed by atoms with Crippen LogP contribution in [-0.4, -0.2) is 37.5 Å². The van der Waals surface area contributed by atoms with Gasteiger partial charge in [0.1, 0.15) is 0 Å². The predicted octanol–water partition coefficient (Wildman–Crippen LogP) is 7.94. The smallest absolute Gasteiger partial charge is 0.416 e. The monoisotopic (exact) mass is 614 g/mol. The number of halogens is 9. The largest absolute Gasteiger partial charge is 0.449 e. The number of hydrogen-bond acceptors (Lipinski definition) is 4. The van der Waals surface area contributed by atoms with E-state index in [0.29, 0.717) is 12.1 Å². The van der Waals surface area contributed by atoms with Gasteiger partial charge in [0, 0.05) is 24.9 Å². The van der Waals surface area contributed by atoms with Crippen molar-refractivity contribution >= 4 is 17.9 Å². The highest BCUT2D eigenvalue weighted by Crippen LogP contribution is 2.41. The number of amides is 2. The summed E-state index contributed by atoms with van der Waals surface area (Å²) in [7, 11) is 0. The molecule has 2 atom stereocenters. The second-order valence-corrected chi connectivity index (χ2v) is 9.98. The van der Waals surface area contributed by atoms with Crippen molar-refractivity contribution < 1.29 is 58.6 Å². The molecule has 2 aromatic carbocycles. The molecule has 1 N–H and O–H groups in total. The molecule has 0 saturated carbocycles. The van der Waals surface area contributed by atoms with Crippen LogP contribution in [0.3, 0.4) is 0 Å². The first-order valence-electron chi connectivity index (χ1n) is 12.7. The molecule has 1 unspecified atom stereocenters. The van der Waals surface area contributed by atoms with Crippen LogP contribution in [0, 0.1) is 0 Å². The highest BCUT2D eigenvalue weighted by molar-refractivity contribution is 5.89. The SMILES string of the molecule is CC(C)OC(=O)N1CC[C@H](C(C)NC(=O)OCCc2cc(C(F)(F)F)cc(C(F)(F)F)c2)c2cc(C(F)(F)F)ccc21. The van der Waals surface area contributed by atoms with E-state index in [4.69, 9.17) is 9.47 Å². The van der Waals surface area contributed by atoms with Crippen LogP contribution in [0.4, 0.5) is 54.8 Å². The number of nitrogens with one attached hydrogen (secondary N) is 1. The summed E-state index contributed by atoms with van der Waals surface area (Å²) >= 11 is 0. The minimum absolute atomic E-state index is 0.0192. The molecular formula is C27H27F9N2O4. The summed E-state index contributed by atoms with van der Waals surface area (Å²) in [5.74, 6) is -0.712. The van der Waals surface area contributed by atoms with E-state index in [1.54, 1.807) is 13.8 Å². The molecule has 1 aliphatic rings. The topological polar surface area (TPSA) is 67.9 Å². The first-order valence-corrected chi connectivity index (χ1v) is 12.7. The summed E-state index contributed by atoms with van der Waals surface area (Å²) in [6.45, 7) is 4.19. The van der Waals surface area contributed by atoms with Gasteiger partial charge in [-0.05, 0) is 74.7 Å². The van der Waals surface area contributed by atoms with Crippen LogP contribution in [0.5, 0.6) is 0 Å². The molecule has 1 heterocycles. The van der Waals surface area contributed by atoms with Gasteiger partial charge in [-0.1, -0.05) is 0 Å². The number of nitrogens with zero attached hydrogens (tertiary/aromatic N) is 1. The molecule has 0 radical (unpaired) electrons. The molecule has 0 saturated heterocycles. The van der Waals surface area contributed by atoms with Crippen molar-refractivity contribution in [2.75, 3.05) is 18.1 Å². The lowest BCUT2D eigenvalue weighted by Crippen LogP contribution is -2.44.